The first-order valence-corrected chi connectivity index (χ1v) is 6.85. The zero-order valence-corrected chi connectivity index (χ0v) is 12.1. The van der Waals surface area contributed by atoms with Gasteiger partial charge in [0.15, 0.2) is 0 Å². The van der Waals surface area contributed by atoms with Crippen molar-refractivity contribution in [1.82, 2.24) is 20.2 Å². The van der Waals surface area contributed by atoms with E-state index in [4.69, 9.17) is 16.3 Å². The smallest absolute Gasteiger partial charge is 0.338 e. The Hall–Kier alpha value is -2.73. The van der Waals surface area contributed by atoms with Crippen molar-refractivity contribution >= 4 is 17.6 Å². The lowest BCUT2D eigenvalue weighted by atomic mass is 10.2. The van der Waals surface area contributed by atoms with Crippen molar-refractivity contribution in [2.45, 2.75) is 6.61 Å². The number of rotatable bonds is 4. The lowest BCUT2D eigenvalue weighted by molar-refractivity contribution is 0.0472. The number of ether oxygens (including phenoxy) is 1. The van der Waals surface area contributed by atoms with Crippen LogP contribution in [0.4, 0.5) is 0 Å². The Morgan fingerprint density at radius 3 is 2.68 bits per heavy atom. The Kier molecular flexibility index (Phi) is 4.11. The standard InChI is InChI=1S/C15H11ClN4O2/c16-13-3-1-2-11(8-13)9-22-15(21)12-4-6-14(7-5-12)20-10-17-18-19-20/h1-8,10H,9H2. The quantitative estimate of drug-likeness (QED) is 0.692. The average Bonchev–Trinajstić information content (AvgIpc) is 3.07. The number of halogens is 1. The highest BCUT2D eigenvalue weighted by molar-refractivity contribution is 6.30. The molecule has 0 aliphatic heterocycles. The molecule has 0 saturated carbocycles. The van der Waals surface area contributed by atoms with Crippen LogP contribution in [0.25, 0.3) is 5.69 Å². The molecule has 0 amide bonds. The molecular weight excluding hydrogens is 304 g/mol. The van der Waals surface area contributed by atoms with Gasteiger partial charge >= 0.3 is 5.97 Å². The summed E-state index contributed by atoms with van der Waals surface area (Å²) in [6.07, 6.45) is 1.48. The largest absolute Gasteiger partial charge is 0.457 e. The van der Waals surface area contributed by atoms with E-state index >= 15 is 0 Å². The summed E-state index contributed by atoms with van der Waals surface area (Å²) in [4.78, 5) is 12.0. The monoisotopic (exact) mass is 314 g/mol. The molecule has 0 aliphatic carbocycles. The summed E-state index contributed by atoms with van der Waals surface area (Å²) >= 11 is 5.88. The van der Waals surface area contributed by atoms with Crippen LogP contribution in [0.2, 0.25) is 5.02 Å². The predicted molar refractivity (Wildman–Crippen MR) is 79.7 cm³/mol. The van der Waals surface area contributed by atoms with E-state index in [-0.39, 0.29) is 6.61 Å². The molecule has 0 fully saturated rings. The van der Waals surface area contributed by atoms with E-state index in [1.54, 1.807) is 36.4 Å². The van der Waals surface area contributed by atoms with Crippen LogP contribution in [0.3, 0.4) is 0 Å². The van der Waals surface area contributed by atoms with Crippen molar-refractivity contribution in [3.63, 3.8) is 0 Å². The normalized spacial score (nSPS) is 10.4. The third-order valence-corrected chi connectivity index (χ3v) is 3.21. The molecule has 1 aromatic heterocycles. The van der Waals surface area contributed by atoms with Crippen molar-refractivity contribution in [2.75, 3.05) is 0 Å². The third kappa shape index (κ3) is 3.29. The molecule has 3 rings (SSSR count). The van der Waals surface area contributed by atoms with Gasteiger partial charge in [-0.3, -0.25) is 0 Å². The van der Waals surface area contributed by atoms with Gasteiger partial charge in [0.1, 0.15) is 12.9 Å². The van der Waals surface area contributed by atoms with Crippen LogP contribution in [0.15, 0.2) is 54.9 Å². The molecule has 1 heterocycles. The zero-order chi connectivity index (χ0) is 15.4. The number of carbonyl (C=O) groups excluding carboxylic acids is 1. The van der Waals surface area contributed by atoms with Crippen molar-refractivity contribution in [3.05, 3.63) is 71.0 Å². The minimum Gasteiger partial charge on any atom is -0.457 e. The summed E-state index contributed by atoms with van der Waals surface area (Å²) in [5, 5.41) is 11.5. The van der Waals surface area contributed by atoms with E-state index in [9.17, 15) is 4.79 Å². The molecule has 0 radical (unpaired) electrons. The van der Waals surface area contributed by atoms with E-state index in [1.165, 1.54) is 11.0 Å². The second kappa shape index (κ2) is 6.36. The Bertz CT molecular complexity index is 773. The molecule has 2 aromatic carbocycles. The maximum atomic E-state index is 12.0. The molecule has 3 aromatic rings. The summed E-state index contributed by atoms with van der Waals surface area (Å²) in [6.45, 7) is 0.175. The SMILES string of the molecule is O=C(OCc1cccc(Cl)c1)c1ccc(-n2cnnn2)cc1. The molecule has 0 N–H and O–H groups in total. The predicted octanol–water partition coefficient (Wildman–Crippen LogP) is 2.67. The first-order valence-electron chi connectivity index (χ1n) is 6.47. The van der Waals surface area contributed by atoms with Crippen LogP contribution >= 0.6 is 11.6 Å². The molecule has 0 unspecified atom stereocenters. The highest BCUT2D eigenvalue weighted by Crippen LogP contribution is 2.13. The maximum absolute atomic E-state index is 12.0. The van der Waals surface area contributed by atoms with Crippen molar-refractivity contribution in [3.8, 4) is 5.69 Å². The summed E-state index contributed by atoms with van der Waals surface area (Å²) < 4.78 is 6.76. The van der Waals surface area contributed by atoms with Gasteiger partial charge in [0.2, 0.25) is 0 Å². The van der Waals surface area contributed by atoms with E-state index in [0.717, 1.165) is 11.3 Å². The van der Waals surface area contributed by atoms with Crippen molar-refractivity contribution in [1.29, 1.82) is 0 Å². The van der Waals surface area contributed by atoms with Crippen LogP contribution < -0.4 is 0 Å². The van der Waals surface area contributed by atoms with E-state index in [1.807, 2.05) is 12.1 Å². The van der Waals surface area contributed by atoms with Crippen LogP contribution in [0.5, 0.6) is 0 Å². The second-order valence-corrected chi connectivity index (χ2v) is 4.94. The Balaban J connectivity index is 1.65. The fourth-order valence-corrected chi connectivity index (χ4v) is 2.10. The number of esters is 1. The van der Waals surface area contributed by atoms with Gasteiger partial charge in [-0.1, -0.05) is 23.7 Å². The number of tetrazole rings is 1. The first kappa shape index (κ1) is 14.2. The molecule has 6 nitrogen and oxygen atoms in total. The molecule has 0 aliphatic rings. The van der Waals surface area contributed by atoms with Crippen LogP contribution in [0, 0.1) is 0 Å². The fraction of sp³-hybridized carbons (Fsp3) is 0.0667. The summed E-state index contributed by atoms with van der Waals surface area (Å²) in [6, 6.07) is 14.0. The minimum atomic E-state index is -0.400. The summed E-state index contributed by atoms with van der Waals surface area (Å²) in [5.41, 5.74) is 2.06. The van der Waals surface area contributed by atoms with Gasteiger partial charge in [-0.15, -0.1) is 5.10 Å². The number of benzene rings is 2. The Labute approximate surface area is 131 Å². The molecule has 0 atom stereocenters. The summed E-state index contributed by atoms with van der Waals surface area (Å²) in [7, 11) is 0. The van der Waals surface area contributed by atoms with Gasteiger partial charge in [-0.25, -0.2) is 9.48 Å². The van der Waals surface area contributed by atoms with Gasteiger partial charge in [0, 0.05) is 5.02 Å². The molecule has 22 heavy (non-hydrogen) atoms. The summed E-state index contributed by atoms with van der Waals surface area (Å²) in [5.74, 6) is -0.400. The molecule has 7 heteroatoms. The van der Waals surface area contributed by atoms with Crippen LogP contribution in [0.1, 0.15) is 15.9 Å². The first-order chi connectivity index (χ1) is 10.7. The van der Waals surface area contributed by atoms with Gasteiger partial charge in [0.25, 0.3) is 0 Å². The lowest BCUT2D eigenvalue weighted by Crippen LogP contribution is -2.05. The Morgan fingerprint density at radius 2 is 2.00 bits per heavy atom. The van der Waals surface area contributed by atoms with Crippen LogP contribution in [-0.4, -0.2) is 26.2 Å². The van der Waals surface area contributed by atoms with Gasteiger partial charge < -0.3 is 4.74 Å². The van der Waals surface area contributed by atoms with Crippen LogP contribution in [-0.2, 0) is 11.3 Å². The molecular formula is C15H11ClN4O2. The van der Waals surface area contributed by atoms with Gasteiger partial charge in [0.05, 0.1) is 11.3 Å². The number of hydrogen-bond donors (Lipinski definition) is 0. The lowest BCUT2D eigenvalue weighted by Gasteiger charge is -2.06. The second-order valence-electron chi connectivity index (χ2n) is 4.51. The van der Waals surface area contributed by atoms with Gasteiger partial charge in [-0.05, 0) is 52.4 Å². The molecule has 0 spiro atoms. The topological polar surface area (TPSA) is 69.9 Å². The number of aromatic nitrogens is 4. The third-order valence-electron chi connectivity index (χ3n) is 2.98. The fourth-order valence-electron chi connectivity index (χ4n) is 1.89. The van der Waals surface area contributed by atoms with E-state index in [2.05, 4.69) is 15.5 Å². The maximum Gasteiger partial charge on any atom is 0.338 e. The van der Waals surface area contributed by atoms with Crippen molar-refractivity contribution in [2.24, 2.45) is 0 Å². The minimum absolute atomic E-state index is 0.175. The Morgan fingerprint density at radius 1 is 1.18 bits per heavy atom. The molecule has 0 saturated heterocycles. The van der Waals surface area contributed by atoms with E-state index < -0.39 is 5.97 Å². The number of nitrogens with zero attached hydrogens (tertiary/aromatic N) is 4. The number of hydrogen-bond acceptors (Lipinski definition) is 5. The average molecular weight is 315 g/mol. The van der Waals surface area contributed by atoms with Gasteiger partial charge in [-0.2, -0.15) is 0 Å². The van der Waals surface area contributed by atoms with Crippen molar-refractivity contribution < 1.29 is 9.53 Å². The number of carbonyl (C=O) groups is 1. The zero-order valence-electron chi connectivity index (χ0n) is 11.4. The highest BCUT2D eigenvalue weighted by Gasteiger charge is 2.08. The highest BCUT2D eigenvalue weighted by atomic mass is 35.5. The van der Waals surface area contributed by atoms with E-state index in [0.29, 0.717) is 10.6 Å². The molecule has 0 bridgehead atoms. The molecule has 110 valence electrons.